The van der Waals surface area contributed by atoms with Gasteiger partial charge in [-0.05, 0) is 32.7 Å². The van der Waals surface area contributed by atoms with Crippen LogP contribution in [0.4, 0.5) is 0 Å². The summed E-state index contributed by atoms with van der Waals surface area (Å²) < 4.78 is 22.0. The fraction of sp³-hybridized carbons (Fsp3) is 1.00. The minimum absolute atomic E-state index is 0. The summed E-state index contributed by atoms with van der Waals surface area (Å²) in [5, 5.41) is 0. The molecule has 3 saturated heterocycles. The summed E-state index contributed by atoms with van der Waals surface area (Å²) in [7, 11) is 1.98. The average molecular weight is 456 g/mol. The van der Waals surface area contributed by atoms with Crippen molar-refractivity contribution in [2.24, 2.45) is 0 Å². The van der Waals surface area contributed by atoms with Gasteiger partial charge in [0.2, 0.25) is 0 Å². The van der Waals surface area contributed by atoms with Crippen LogP contribution in [0.25, 0.3) is 0 Å². The molecule has 0 atom stereocenters. The lowest BCUT2D eigenvalue weighted by atomic mass is 10.4. The molecule has 0 aliphatic carbocycles. The molecule has 0 amide bonds. The molecule has 7 heteroatoms. The van der Waals surface area contributed by atoms with Crippen LogP contribution in [0.1, 0.15) is 38.5 Å². The smallest absolute Gasteiger partial charge is 0.286 e. The summed E-state index contributed by atoms with van der Waals surface area (Å²) in [6.07, 6.45) is 7.55. The monoisotopic (exact) mass is 456 g/mol. The Balaban J connectivity index is 0.00000192. The maximum Gasteiger partial charge on any atom is 0.286 e. The van der Waals surface area contributed by atoms with E-state index >= 15 is 0 Å². The average Bonchev–Trinajstić information content (AvgIpc) is 3.25. The van der Waals surface area contributed by atoms with Gasteiger partial charge in [-0.3, -0.25) is 4.57 Å². The molecular weight excluding hydrogens is 422 g/mol. The fourth-order valence-electron chi connectivity index (χ4n) is 4.37. The Morgan fingerprint density at radius 1 is 0.913 bits per heavy atom. The van der Waals surface area contributed by atoms with Crippen molar-refractivity contribution in [3.05, 3.63) is 0 Å². The molecule has 3 heterocycles. The highest BCUT2D eigenvalue weighted by atomic mass is 127. The summed E-state index contributed by atoms with van der Waals surface area (Å²) in [5.41, 5.74) is 0. The van der Waals surface area contributed by atoms with E-state index < -0.39 is 7.59 Å². The Bertz CT molecular complexity index is 398. The van der Waals surface area contributed by atoms with Crippen molar-refractivity contribution in [2.45, 2.75) is 38.5 Å². The van der Waals surface area contributed by atoms with E-state index in [4.69, 9.17) is 0 Å². The Kier molecular flexibility index (Phi) is 7.39. The third-order valence-corrected chi connectivity index (χ3v) is 9.32. The van der Waals surface area contributed by atoms with Crippen LogP contribution >= 0.6 is 7.59 Å². The summed E-state index contributed by atoms with van der Waals surface area (Å²) in [4.78, 5) is 0. The molecule has 136 valence electrons. The zero-order valence-electron chi connectivity index (χ0n) is 14.9. The number of rotatable bonds is 6. The van der Waals surface area contributed by atoms with Gasteiger partial charge in [-0.2, -0.15) is 0 Å². The Morgan fingerprint density at radius 2 is 1.35 bits per heavy atom. The molecule has 0 aromatic carbocycles. The minimum atomic E-state index is -2.50. The lowest BCUT2D eigenvalue weighted by molar-refractivity contribution is -0.896. The van der Waals surface area contributed by atoms with E-state index in [9.17, 15) is 4.57 Å². The first kappa shape index (κ1) is 20.1. The number of quaternary nitrogens is 1. The van der Waals surface area contributed by atoms with Crippen LogP contribution < -0.4 is 24.0 Å². The van der Waals surface area contributed by atoms with Gasteiger partial charge >= 0.3 is 0 Å². The van der Waals surface area contributed by atoms with Crippen LogP contribution in [0.2, 0.25) is 0 Å². The first-order chi connectivity index (χ1) is 10.5. The maximum absolute atomic E-state index is 14.0. The van der Waals surface area contributed by atoms with Crippen molar-refractivity contribution in [2.75, 3.05) is 66.5 Å². The molecule has 23 heavy (non-hydrogen) atoms. The number of likely N-dealkylation sites (N-methyl/N-ethyl adjacent to an activating group) is 2. The molecule has 3 aliphatic rings. The summed E-state index contributed by atoms with van der Waals surface area (Å²) in [6, 6.07) is 0. The third-order valence-electron chi connectivity index (χ3n) is 5.96. The lowest BCUT2D eigenvalue weighted by Crippen LogP contribution is -3.00. The van der Waals surface area contributed by atoms with E-state index in [1.165, 1.54) is 56.1 Å². The van der Waals surface area contributed by atoms with Gasteiger partial charge in [-0.25, -0.2) is 14.0 Å². The van der Waals surface area contributed by atoms with E-state index in [0.29, 0.717) is 0 Å². The molecule has 0 N–H and O–H groups in total. The highest BCUT2D eigenvalue weighted by Crippen LogP contribution is 2.58. The molecule has 3 rings (SSSR count). The van der Waals surface area contributed by atoms with E-state index in [2.05, 4.69) is 28.1 Å². The number of hydrogen-bond donors (Lipinski definition) is 0. The van der Waals surface area contributed by atoms with E-state index in [1.807, 2.05) is 0 Å². The number of halogens is 1. The minimum Gasteiger partial charge on any atom is -1.00 e. The second-order valence-corrected chi connectivity index (χ2v) is 10.6. The normalized spacial score (nSPS) is 26.0. The highest BCUT2D eigenvalue weighted by Gasteiger charge is 2.43. The summed E-state index contributed by atoms with van der Waals surface area (Å²) >= 11 is 0. The third kappa shape index (κ3) is 4.32. The molecule has 0 unspecified atom stereocenters. The fourth-order valence-corrected chi connectivity index (χ4v) is 7.55. The molecule has 0 radical (unpaired) electrons. The van der Waals surface area contributed by atoms with Crippen molar-refractivity contribution < 1.29 is 33.0 Å². The standard InChI is InChI=1S/C16H34N4OP.HI/c1-17(13-16-20(2)14-7-8-15-20)22(21,18-9-3-4-10-18)19-11-5-6-12-19;/h3-16H2,1-2H3;1H/q+1;/p-1. The summed E-state index contributed by atoms with van der Waals surface area (Å²) in [6.45, 7) is 8.77. The van der Waals surface area contributed by atoms with E-state index in [0.717, 1.165) is 39.3 Å². The predicted molar refractivity (Wildman–Crippen MR) is 91.9 cm³/mol. The Labute approximate surface area is 159 Å². The van der Waals surface area contributed by atoms with Crippen LogP contribution in [0.15, 0.2) is 0 Å². The van der Waals surface area contributed by atoms with Crippen molar-refractivity contribution in [1.82, 2.24) is 14.0 Å². The van der Waals surface area contributed by atoms with Crippen molar-refractivity contribution in [1.29, 1.82) is 0 Å². The van der Waals surface area contributed by atoms with Gasteiger partial charge in [0, 0.05) is 39.0 Å². The molecule has 3 fully saturated rings. The number of likely N-dealkylation sites (tertiary alicyclic amines) is 1. The van der Waals surface area contributed by atoms with Crippen LogP contribution in [-0.4, -0.2) is 84.9 Å². The zero-order valence-corrected chi connectivity index (χ0v) is 18.0. The molecule has 0 saturated carbocycles. The van der Waals surface area contributed by atoms with Gasteiger partial charge in [0.25, 0.3) is 7.59 Å². The largest absolute Gasteiger partial charge is 1.00 e. The molecular formula is C16H34IN4OP. The SMILES string of the molecule is CN(CC[N+]1(C)CCCC1)P(=O)(N1CCCC1)N1CCCC1.[I-]. The van der Waals surface area contributed by atoms with Crippen molar-refractivity contribution in [3.63, 3.8) is 0 Å². The molecule has 0 spiro atoms. The van der Waals surface area contributed by atoms with Gasteiger partial charge in [-0.15, -0.1) is 0 Å². The van der Waals surface area contributed by atoms with Gasteiger partial charge in [0.05, 0.1) is 33.2 Å². The van der Waals surface area contributed by atoms with E-state index in [-0.39, 0.29) is 24.0 Å². The lowest BCUT2D eigenvalue weighted by Gasteiger charge is -2.41. The first-order valence-electron chi connectivity index (χ1n) is 9.21. The molecule has 0 bridgehead atoms. The van der Waals surface area contributed by atoms with E-state index in [1.54, 1.807) is 0 Å². The Hall–Kier alpha value is 0.800. The topological polar surface area (TPSA) is 26.8 Å². The van der Waals surface area contributed by atoms with Crippen LogP contribution in [0.3, 0.4) is 0 Å². The second-order valence-electron chi connectivity index (χ2n) is 7.71. The molecule has 0 aromatic rings. The van der Waals surface area contributed by atoms with Crippen LogP contribution in [0, 0.1) is 0 Å². The first-order valence-corrected chi connectivity index (χ1v) is 10.8. The number of hydrogen-bond acceptors (Lipinski definition) is 1. The van der Waals surface area contributed by atoms with Gasteiger partial charge in [0.1, 0.15) is 0 Å². The van der Waals surface area contributed by atoms with Gasteiger partial charge in [0.15, 0.2) is 0 Å². The van der Waals surface area contributed by atoms with Crippen LogP contribution in [-0.2, 0) is 4.57 Å². The molecule has 5 nitrogen and oxygen atoms in total. The van der Waals surface area contributed by atoms with Crippen molar-refractivity contribution in [3.8, 4) is 0 Å². The van der Waals surface area contributed by atoms with Gasteiger partial charge in [-0.1, -0.05) is 0 Å². The molecule has 0 aromatic heterocycles. The number of nitrogens with zero attached hydrogens (tertiary/aromatic N) is 4. The maximum atomic E-state index is 14.0. The van der Waals surface area contributed by atoms with Crippen molar-refractivity contribution >= 4 is 7.59 Å². The van der Waals surface area contributed by atoms with Gasteiger partial charge < -0.3 is 28.5 Å². The quantitative estimate of drug-likeness (QED) is 0.305. The molecule has 3 aliphatic heterocycles. The Morgan fingerprint density at radius 3 is 1.78 bits per heavy atom. The highest BCUT2D eigenvalue weighted by molar-refractivity contribution is 7.56. The second kappa shape index (κ2) is 8.45. The van der Waals surface area contributed by atoms with Crippen LogP contribution in [0.5, 0.6) is 0 Å². The summed E-state index contributed by atoms with van der Waals surface area (Å²) in [5.74, 6) is 0. The zero-order chi connectivity index (χ0) is 15.6. The predicted octanol–water partition coefficient (Wildman–Crippen LogP) is -0.538.